The second kappa shape index (κ2) is 6.26. The van der Waals surface area contributed by atoms with Crippen LogP contribution >= 0.6 is 0 Å². The quantitative estimate of drug-likeness (QED) is 0.921. The van der Waals surface area contributed by atoms with Gasteiger partial charge >= 0.3 is 0 Å². The van der Waals surface area contributed by atoms with Crippen LogP contribution in [0, 0.1) is 12.7 Å². The number of methoxy groups -OCH3 is 1. The van der Waals surface area contributed by atoms with Gasteiger partial charge in [0.15, 0.2) is 0 Å². The molecular weight excluding hydrogens is 333 g/mol. The molecule has 0 saturated carbocycles. The van der Waals surface area contributed by atoms with Gasteiger partial charge in [-0.25, -0.2) is 12.8 Å². The smallest absolute Gasteiger partial charge is 0.261 e. The first kappa shape index (κ1) is 16.5. The minimum absolute atomic E-state index is 0.130. The van der Waals surface area contributed by atoms with Crippen LogP contribution in [0.2, 0.25) is 0 Å². The number of benzene rings is 2. The number of sulfonamides is 1. The summed E-state index contributed by atoms with van der Waals surface area (Å²) >= 11 is 0. The fraction of sp³-hybridized carbons (Fsp3) is 0.176. The summed E-state index contributed by atoms with van der Waals surface area (Å²) in [4.78, 5) is 0.130. The van der Waals surface area contributed by atoms with E-state index in [1.54, 1.807) is 18.2 Å². The van der Waals surface area contributed by atoms with Gasteiger partial charge in [0.25, 0.3) is 10.0 Å². The van der Waals surface area contributed by atoms with E-state index in [2.05, 4.69) is 4.72 Å². The lowest BCUT2D eigenvalue weighted by molar-refractivity contribution is -0.0669. The molecule has 0 aliphatic carbocycles. The van der Waals surface area contributed by atoms with Crippen molar-refractivity contribution < 1.29 is 22.3 Å². The number of nitrogens with one attached hydrogen (secondary N) is 1. The average Bonchev–Trinajstić information content (AvgIpc) is 2.93. The Morgan fingerprint density at radius 2 is 1.92 bits per heavy atom. The van der Waals surface area contributed by atoms with E-state index in [-0.39, 0.29) is 16.2 Å². The van der Waals surface area contributed by atoms with Crippen LogP contribution in [0.15, 0.2) is 53.6 Å². The molecule has 2 aromatic rings. The average molecular weight is 349 g/mol. The third-order valence-electron chi connectivity index (χ3n) is 3.68. The van der Waals surface area contributed by atoms with Crippen molar-refractivity contribution in [1.82, 2.24) is 4.72 Å². The highest BCUT2D eigenvalue weighted by molar-refractivity contribution is 7.89. The predicted octanol–water partition coefficient (Wildman–Crippen LogP) is 3.09. The Bertz CT molecular complexity index is 891. The van der Waals surface area contributed by atoms with Crippen LogP contribution in [0.5, 0.6) is 0 Å². The fourth-order valence-corrected chi connectivity index (χ4v) is 3.32. The summed E-state index contributed by atoms with van der Waals surface area (Å²) in [7, 11) is -2.35. The monoisotopic (exact) mass is 349 g/mol. The van der Waals surface area contributed by atoms with Crippen LogP contribution in [-0.4, -0.2) is 15.5 Å². The molecule has 2 aromatic carbocycles. The first-order valence-corrected chi connectivity index (χ1v) is 8.68. The molecule has 0 bridgehead atoms. The number of hydrogen-bond donors (Lipinski definition) is 1. The zero-order valence-corrected chi connectivity index (χ0v) is 13.9. The van der Waals surface area contributed by atoms with Gasteiger partial charge in [0.2, 0.25) is 6.29 Å². The minimum atomic E-state index is -3.74. The number of hydrogen-bond acceptors (Lipinski definition) is 4. The summed E-state index contributed by atoms with van der Waals surface area (Å²) in [5, 5.41) is 0. The van der Waals surface area contributed by atoms with Gasteiger partial charge in [0, 0.05) is 12.7 Å². The lowest BCUT2D eigenvalue weighted by atomic mass is 10.1. The zero-order chi connectivity index (χ0) is 17.3. The predicted molar refractivity (Wildman–Crippen MR) is 86.7 cm³/mol. The van der Waals surface area contributed by atoms with Crippen LogP contribution in [0.4, 0.5) is 4.39 Å². The van der Waals surface area contributed by atoms with Gasteiger partial charge in [-0.1, -0.05) is 29.8 Å². The van der Waals surface area contributed by atoms with Crippen molar-refractivity contribution in [2.75, 3.05) is 7.11 Å². The third-order valence-corrected chi connectivity index (χ3v) is 5.00. The molecule has 5 nitrogen and oxygen atoms in total. The third kappa shape index (κ3) is 3.00. The fourth-order valence-electron chi connectivity index (χ4n) is 2.42. The Hall–Kier alpha value is -2.38. The number of rotatable bonds is 4. The molecule has 0 fully saturated rings. The van der Waals surface area contributed by atoms with Gasteiger partial charge in [0.1, 0.15) is 11.6 Å². The van der Waals surface area contributed by atoms with Gasteiger partial charge < -0.3 is 9.47 Å². The van der Waals surface area contributed by atoms with Crippen LogP contribution in [0.3, 0.4) is 0 Å². The standard InChI is InChI=1S/C17H16FNO4S/c1-11-6-8-12(9-7-11)24(20,21)19-10-15-13-4-3-5-14(18)16(13)17(22-2)23-15/h3-10,17,19H,1-2H3/b15-10-. The van der Waals surface area contributed by atoms with Gasteiger partial charge in [-0.15, -0.1) is 0 Å². The summed E-state index contributed by atoms with van der Waals surface area (Å²) in [5.74, 6) is -0.267. The number of ether oxygens (including phenoxy) is 2. The van der Waals surface area contributed by atoms with E-state index in [9.17, 15) is 12.8 Å². The molecule has 0 spiro atoms. The van der Waals surface area contributed by atoms with Crippen molar-refractivity contribution in [3.05, 3.63) is 71.2 Å². The van der Waals surface area contributed by atoms with Crippen molar-refractivity contribution in [3.63, 3.8) is 0 Å². The number of aryl methyl sites for hydroxylation is 1. The van der Waals surface area contributed by atoms with Gasteiger partial charge in [-0.05, 0) is 25.1 Å². The van der Waals surface area contributed by atoms with E-state index in [4.69, 9.17) is 9.47 Å². The molecular formula is C17H16FNO4S. The van der Waals surface area contributed by atoms with Gasteiger partial charge in [-0.3, -0.25) is 4.72 Å². The maximum Gasteiger partial charge on any atom is 0.261 e. The number of halogens is 1. The molecule has 24 heavy (non-hydrogen) atoms. The highest BCUT2D eigenvalue weighted by atomic mass is 32.2. The molecule has 1 N–H and O–H groups in total. The maximum absolute atomic E-state index is 14.0. The largest absolute Gasteiger partial charge is 0.458 e. The molecule has 1 heterocycles. The highest BCUT2D eigenvalue weighted by Crippen LogP contribution is 2.39. The first-order chi connectivity index (χ1) is 11.4. The normalized spacial score (nSPS) is 18.3. The van der Waals surface area contributed by atoms with Crippen molar-refractivity contribution >= 4 is 15.8 Å². The molecule has 0 amide bonds. The second-order valence-electron chi connectivity index (χ2n) is 5.33. The Labute approximate surface area is 139 Å². The van der Waals surface area contributed by atoms with Gasteiger partial charge in [-0.2, -0.15) is 0 Å². The number of fused-ring (bicyclic) bond motifs is 1. The van der Waals surface area contributed by atoms with Crippen LogP contribution < -0.4 is 4.72 Å². The zero-order valence-electron chi connectivity index (χ0n) is 13.1. The van der Waals surface area contributed by atoms with Crippen LogP contribution in [-0.2, 0) is 19.5 Å². The van der Waals surface area contributed by atoms with Crippen molar-refractivity contribution in [1.29, 1.82) is 0 Å². The van der Waals surface area contributed by atoms with Crippen LogP contribution in [0.1, 0.15) is 23.0 Å². The summed E-state index contributed by atoms with van der Waals surface area (Å²) < 4.78 is 51.5. The van der Waals surface area contributed by atoms with Crippen LogP contribution in [0.25, 0.3) is 5.76 Å². The second-order valence-corrected chi connectivity index (χ2v) is 7.04. The summed E-state index contributed by atoms with van der Waals surface area (Å²) in [5.41, 5.74) is 1.66. The minimum Gasteiger partial charge on any atom is -0.458 e. The SMILES string of the molecule is COC1O/C(=C\NS(=O)(=O)c2ccc(C)cc2)c2cccc(F)c21. The summed E-state index contributed by atoms with van der Waals surface area (Å²) in [6.45, 7) is 1.87. The van der Waals surface area contributed by atoms with E-state index in [0.29, 0.717) is 5.56 Å². The first-order valence-electron chi connectivity index (χ1n) is 7.20. The Morgan fingerprint density at radius 1 is 1.21 bits per heavy atom. The van der Waals surface area contributed by atoms with E-state index >= 15 is 0 Å². The highest BCUT2D eigenvalue weighted by Gasteiger charge is 2.31. The lowest BCUT2D eigenvalue weighted by Gasteiger charge is -2.09. The van der Waals surface area contributed by atoms with E-state index in [0.717, 1.165) is 5.56 Å². The summed E-state index contributed by atoms with van der Waals surface area (Å²) in [6, 6.07) is 10.9. The van der Waals surface area contributed by atoms with Crippen molar-refractivity contribution in [2.45, 2.75) is 18.1 Å². The molecule has 0 saturated heterocycles. The van der Waals surface area contributed by atoms with E-state index < -0.39 is 22.1 Å². The molecule has 3 rings (SSSR count). The lowest BCUT2D eigenvalue weighted by Crippen LogP contribution is -2.18. The molecule has 7 heteroatoms. The van der Waals surface area contributed by atoms with Crippen molar-refractivity contribution in [2.24, 2.45) is 0 Å². The molecule has 1 aliphatic heterocycles. The molecule has 1 atom stereocenters. The molecule has 126 valence electrons. The molecule has 0 aromatic heterocycles. The Balaban J connectivity index is 1.91. The van der Waals surface area contributed by atoms with Crippen molar-refractivity contribution in [3.8, 4) is 0 Å². The van der Waals surface area contributed by atoms with E-state index in [1.807, 2.05) is 6.92 Å². The topological polar surface area (TPSA) is 64.6 Å². The summed E-state index contributed by atoms with van der Waals surface area (Å²) in [6.07, 6.45) is 0.295. The molecule has 1 unspecified atom stereocenters. The van der Waals surface area contributed by atoms with Gasteiger partial charge in [0.05, 0.1) is 16.7 Å². The molecule has 0 radical (unpaired) electrons. The van der Waals surface area contributed by atoms with E-state index in [1.165, 1.54) is 37.6 Å². The molecule has 1 aliphatic rings. The Kier molecular flexibility index (Phi) is 4.29. The Morgan fingerprint density at radius 3 is 2.58 bits per heavy atom. The maximum atomic E-state index is 14.0.